The molecule has 0 bridgehead atoms. The van der Waals surface area contributed by atoms with Crippen LogP contribution in [0.3, 0.4) is 0 Å². The molecule has 0 atom stereocenters. The largest absolute Gasteiger partial charge is 0.454 e. The van der Waals surface area contributed by atoms with Crippen molar-refractivity contribution in [2.24, 2.45) is 0 Å². The maximum absolute atomic E-state index is 11.7. The quantitative estimate of drug-likeness (QED) is 0.902. The van der Waals surface area contributed by atoms with Crippen LogP contribution in [-0.2, 0) is 6.54 Å². The molecule has 1 aliphatic rings. The highest BCUT2D eigenvalue weighted by Gasteiger charge is 2.13. The van der Waals surface area contributed by atoms with Gasteiger partial charge in [0.05, 0.1) is 0 Å². The minimum atomic E-state index is -0.321. The highest BCUT2D eigenvalue weighted by Crippen LogP contribution is 2.32. The van der Waals surface area contributed by atoms with Gasteiger partial charge in [-0.2, -0.15) is 0 Å². The summed E-state index contributed by atoms with van der Waals surface area (Å²) in [5.41, 5.74) is 0.929. The number of nitrogens with one attached hydrogen (secondary N) is 2. The van der Waals surface area contributed by atoms with Crippen LogP contribution in [0.2, 0.25) is 0 Å². The number of carbonyl (C=O) groups is 1. The van der Waals surface area contributed by atoms with E-state index in [1.165, 1.54) is 11.3 Å². The number of carbonyl (C=O) groups excluding carboxylic acids is 1. The summed E-state index contributed by atoms with van der Waals surface area (Å²) in [6.07, 6.45) is 0. The molecule has 0 fully saturated rings. The first kappa shape index (κ1) is 12.7. The van der Waals surface area contributed by atoms with Crippen molar-refractivity contribution in [2.75, 3.05) is 12.1 Å². The molecule has 20 heavy (non-hydrogen) atoms. The lowest BCUT2D eigenvalue weighted by Gasteiger charge is -2.06. The Hall–Kier alpha value is -2.35. The average Bonchev–Trinajstić information content (AvgIpc) is 3.04. The summed E-state index contributed by atoms with van der Waals surface area (Å²) < 4.78 is 10.5. The van der Waals surface area contributed by atoms with Gasteiger partial charge in [-0.25, -0.2) is 4.79 Å². The van der Waals surface area contributed by atoms with Gasteiger partial charge in [-0.3, -0.25) is 5.32 Å². The molecule has 1 aromatic heterocycles. The van der Waals surface area contributed by atoms with Gasteiger partial charge in [-0.1, -0.05) is 17.4 Å². The molecule has 0 spiro atoms. The van der Waals surface area contributed by atoms with E-state index in [2.05, 4.69) is 20.8 Å². The number of amides is 2. The van der Waals surface area contributed by atoms with Crippen molar-refractivity contribution in [2.45, 2.75) is 13.5 Å². The van der Waals surface area contributed by atoms with E-state index in [9.17, 15) is 4.79 Å². The molecule has 2 N–H and O–H groups in total. The molecular weight excluding hydrogens is 280 g/mol. The first-order chi connectivity index (χ1) is 9.70. The highest BCUT2D eigenvalue weighted by molar-refractivity contribution is 7.15. The second kappa shape index (κ2) is 5.33. The molecule has 1 aliphatic heterocycles. The van der Waals surface area contributed by atoms with E-state index in [-0.39, 0.29) is 12.8 Å². The molecule has 0 unspecified atom stereocenters. The van der Waals surface area contributed by atoms with Crippen LogP contribution in [0.1, 0.15) is 10.6 Å². The summed E-state index contributed by atoms with van der Waals surface area (Å²) in [4.78, 5) is 11.7. The van der Waals surface area contributed by atoms with Gasteiger partial charge >= 0.3 is 6.03 Å². The molecule has 7 nitrogen and oxygen atoms in total. The predicted molar refractivity (Wildman–Crippen MR) is 73.1 cm³/mol. The topological polar surface area (TPSA) is 85.4 Å². The van der Waals surface area contributed by atoms with Gasteiger partial charge in [0, 0.05) is 6.54 Å². The molecule has 0 saturated heterocycles. The number of hydrogen-bond acceptors (Lipinski definition) is 6. The first-order valence-electron chi connectivity index (χ1n) is 5.94. The molecule has 0 saturated carbocycles. The van der Waals surface area contributed by atoms with Crippen LogP contribution < -0.4 is 20.1 Å². The number of anilines is 1. The smallest absolute Gasteiger partial charge is 0.321 e. The first-order valence-corrected chi connectivity index (χ1v) is 6.76. The summed E-state index contributed by atoms with van der Waals surface area (Å²) in [6, 6.07) is 5.23. The highest BCUT2D eigenvalue weighted by atomic mass is 32.1. The number of benzene rings is 1. The Morgan fingerprint density at radius 3 is 3.00 bits per heavy atom. The molecular formula is C12H12N4O3S. The van der Waals surface area contributed by atoms with Crippen LogP contribution in [0.15, 0.2) is 18.2 Å². The van der Waals surface area contributed by atoms with Crippen molar-refractivity contribution in [3.8, 4) is 11.5 Å². The predicted octanol–water partition coefficient (Wildman–Crippen LogP) is 1.90. The van der Waals surface area contributed by atoms with Crippen LogP contribution in [0.25, 0.3) is 0 Å². The summed E-state index contributed by atoms with van der Waals surface area (Å²) in [5, 5.41) is 14.3. The van der Waals surface area contributed by atoms with Crippen LogP contribution in [-0.4, -0.2) is 23.0 Å². The summed E-state index contributed by atoms with van der Waals surface area (Å²) in [7, 11) is 0. The second-order valence-electron chi connectivity index (χ2n) is 4.12. The van der Waals surface area contributed by atoms with Gasteiger partial charge < -0.3 is 14.8 Å². The van der Waals surface area contributed by atoms with E-state index < -0.39 is 0 Å². The molecule has 0 radical (unpaired) electrons. The number of aryl methyl sites for hydroxylation is 1. The Morgan fingerprint density at radius 2 is 2.20 bits per heavy atom. The Bertz CT molecular complexity index is 643. The number of rotatable bonds is 3. The third-order valence-corrected chi connectivity index (χ3v) is 3.39. The van der Waals surface area contributed by atoms with Crippen molar-refractivity contribution >= 4 is 22.5 Å². The summed E-state index contributed by atoms with van der Waals surface area (Å²) in [5.74, 6) is 1.42. The van der Waals surface area contributed by atoms with E-state index in [0.717, 1.165) is 16.3 Å². The lowest BCUT2D eigenvalue weighted by Crippen LogP contribution is -2.28. The standard InChI is InChI=1S/C12H12N4O3S/c1-7-15-16-12(20-7)14-11(17)13-5-8-2-3-9-10(4-8)19-6-18-9/h2-4H,5-6H2,1H3,(H2,13,14,16,17). The minimum absolute atomic E-state index is 0.239. The van der Waals surface area contributed by atoms with Crippen LogP contribution >= 0.6 is 11.3 Å². The Labute approximate surface area is 118 Å². The van der Waals surface area contributed by atoms with E-state index in [0.29, 0.717) is 17.4 Å². The van der Waals surface area contributed by atoms with Crippen molar-refractivity contribution in [3.63, 3.8) is 0 Å². The number of hydrogen-bond donors (Lipinski definition) is 2. The molecule has 8 heteroatoms. The fourth-order valence-corrected chi connectivity index (χ4v) is 2.31. The summed E-state index contributed by atoms with van der Waals surface area (Å²) >= 11 is 1.32. The Kier molecular flexibility index (Phi) is 3.38. The number of nitrogens with zero attached hydrogens (tertiary/aromatic N) is 2. The Morgan fingerprint density at radius 1 is 1.35 bits per heavy atom. The van der Waals surface area contributed by atoms with Gasteiger partial charge in [-0.15, -0.1) is 10.2 Å². The molecule has 2 heterocycles. The average molecular weight is 292 g/mol. The zero-order chi connectivity index (χ0) is 13.9. The van der Waals surface area contributed by atoms with E-state index in [1.807, 2.05) is 25.1 Å². The van der Waals surface area contributed by atoms with E-state index >= 15 is 0 Å². The van der Waals surface area contributed by atoms with Gasteiger partial charge in [0.1, 0.15) is 5.01 Å². The third-order valence-electron chi connectivity index (χ3n) is 2.64. The molecule has 2 amide bonds. The number of fused-ring (bicyclic) bond motifs is 1. The van der Waals surface area contributed by atoms with Gasteiger partial charge in [-0.05, 0) is 24.6 Å². The number of ether oxygens (including phenoxy) is 2. The number of urea groups is 1. The van der Waals surface area contributed by atoms with Crippen molar-refractivity contribution in [1.29, 1.82) is 0 Å². The molecule has 3 rings (SSSR count). The second-order valence-corrected chi connectivity index (χ2v) is 5.30. The maximum atomic E-state index is 11.7. The monoisotopic (exact) mass is 292 g/mol. The van der Waals surface area contributed by atoms with Crippen LogP contribution in [0.5, 0.6) is 11.5 Å². The van der Waals surface area contributed by atoms with Crippen LogP contribution in [0.4, 0.5) is 9.93 Å². The summed E-state index contributed by atoms with van der Waals surface area (Å²) in [6.45, 7) is 2.46. The SMILES string of the molecule is Cc1nnc(NC(=O)NCc2ccc3c(c2)OCO3)s1. The fraction of sp³-hybridized carbons (Fsp3) is 0.250. The molecule has 0 aliphatic carbocycles. The maximum Gasteiger partial charge on any atom is 0.321 e. The van der Waals surface area contributed by atoms with Gasteiger partial charge in [0.15, 0.2) is 11.5 Å². The fourth-order valence-electron chi connectivity index (χ4n) is 1.72. The molecule has 2 aromatic rings. The molecule has 1 aromatic carbocycles. The lowest BCUT2D eigenvalue weighted by atomic mass is 10.2. The lowest BCUT2D eigenvalue weighted by molar-refractivity contribution is 0.174. The van der Waals surface area contributed by atoms with Crippen molar-refractivity contribution in [1.82, 2.24) is 15.5 Å². The number of aromatic nitrogens is 2. The van der Waals surface area contributed by atoms with Crippen molar-refractivity contribution < 1.29 is 14.3 Å². The van der Waals surface area contributed by atoms with E-state index in [1.54, 1.807) is 0 Å². The Balaban J connectivity index is 1.55. The van der Waals surface area contributed by atoms with Gasteiger partial charge in [0.2, 0.25) is 11.9 Å². The van der Waals surface area contributed by atoms with Crippen molar-refractivity contribution in [3.05, 3.63) is 28.8 Å². The van der Waals surface area contributed by atoms with Crippen LogP contribution in [0, 0.1) is 6.92 Å². The minimum Gasteiger partial charge on any atom is -0.454 e. The van der Waals surface area contributed by atoms with E-state index in [4.69, 9.17) is 9.47 Å². The van der Waals surface area contributed by atoms with Gasteiger partial charge in [0.25, 0.3) is 0 Å². The zero-order valence-corrected chi connectivity index (χ0v) is 11.5. The zero-order valence-electron chi connectivity index (χ0n) is 10.7. The third kappa shape index (κ3) is 2.80. The molecule has 104 valence electrons. The normalized spacial score (nSPS) is 12.2.